The van der Waals surface area contributed by atoms with Gasteiger partial charge in [0, 0.05) is 13.1 Å². The van der Waals surface area contributed by atoms with Gasteiger partial charge in [0.15, 0.2) is 5.84 Å². The molecule has 0 saturated carbocycles. The molecule has 0 radical (unpaired) electrons. The molecule has 0 aliphatic carbocycles. The van der Waals surface area contributed by atoms with Crippen molar-refractivity contribution in [3.8, 4) is 0 Å². The molecule has 1 aromatic carbocycles. The van der Waals surface area contributed by atoms with Crippen LogP contribution in [0.25, 0.3) is 0 Å². The Hall–Kier alpha value is -1.82. The van der Waals surface area contributed by atoms with Gasteiger partial charge in [0.25, 0.3) is 0 Å². The lowest BCUT2D eigenvalue weighted by Gasteiger charge is -2.32. The second kappa shape index (κ2) is 5.22. The third kappa shape index (κ3) is 2.38. The molecule has 0 bridgehead atoms. The largest absolute Gasteiger partial charge is 0.409 e. The van der Waals surface area contributed by atoms with E-state index in [4.69, 9.17) is 10.9 Å². The van der Waals surface area contributed by atoms with Crippen LogP contribution in [0.4, 0.5) is 10.1 Å². The molecule has 0 unspecified atom stereocenters. The van der Waals surface area contributed by atoms with Crippen molar-refractivity contribution in [3.63, 3.8) is 0 Å². The van der Waals surface area contributed by atoms with Crippen LogP contribution in [0.2, 0.25) is 0 Å². The van der Waals surface area contributed by atoms with Crippen molar-refractivity contribution in [1.82, 2.24) is 0 Å². The molecular formula is C12H16FN3O2. The molecule has 6 heteroatoms. The summed E-state index contributed by atoms with van der Waals surface area (Å²) >= 11 is 0. The molecule has 18 heavy (non-hydrogen) atoms. The van der Waals surface area contributed by atoms with Crippen LogP contribution in [0, 0.1) is 5.82 Å². The Kier molecular flexibility index (Phi) is 3.66. The van der Waals surface area contributed by atoms with Crippen molar-refractivity contribution in [3.05, 3.63) is 29.6 Å². The Labute approximate surface area is 104 Å². The fourth-order valence-electron chi connectivity index (χ4n) is 2.19. The first-order valence-electron chi connectivity index (χ1n) is 5.83. The summed E-state index contributed by atoms with van der Waals surface area (Å²) in [6.45, 7) is 1.24. The lowest BCUT2D eigenvalue weighted by molar-refractivity contribution is 0.145. The number of nitrogens with zero attached hydrogens (tertiary/aromatic N) is 2. The Bertz CT molecular complexity index is 457. The molecule has 1 fully saturated rings. The zero-order chi connectivity index (χ0) is 13.1. The first-order valence-corrected chi connectivity index (χ1v) is 5.83. The number of nitrogens with two attached hydrogens (primary N) is 1. The summed E-state index contributed by atoms with van der Waals surface area (Å²) in [4.78, 5) is 1.93. The number of piperidine rings is 1. The number of aliphatic hydroxyl groups excluding tert-OH is 1. The van der Waals surface area contributed by atoms with Crippen LogP contribution >= 0.6 is 0 Å². The van der Waals surface area contributed by atoms with Gasteiger partial charge in [-0.3, -0.25) is 0 Å². The summed E-state index contributed by atoms with van der Waals surface area (Å²) in [6, 6.07) is 4.59. The molecule has 0 aromatic heterocycles. The molecule has 1 saturated heterocycles. The maximum absolute atomic E-state index is 13.8. The minimum Gasteiger partial charge on any atom is -0.409 e. The van der Waals surface area contributed by atoms with Gasteiger partial charge >= 0.3 is 0 Å². The van der Waals surface area contributed by atoms with E-state index in [1.54, 1.807) is 12.1 Å². The summed E-state index contributed by atoms with van der Waals surface area (Å²) in [6.07, 6.45) is 0.959. The first-order chi connectivity index (χ1) is 8.63. The van der Waals surface area contributed by atoms with Crippen molar-refractivity contribution < 1.29 is 14.7 Å². The fourth-order valence-corrected chi connectivity index (χ4v) is 2.19. The number of hydrogen-bond donors (Lipinski definition) is 3. The fraction of sp³-hybridized carbons (Fsp3) is 0.417. The molecule has 1 aliphatic rings. The zero-order valence-corrected chi connectivity index (χ0v) is 9.88. The highest BCUT2D eigenvalue weighted by Crippen LogP contribution is 2.26. The normalized spacial score (nSPS) is 18.1. The molecule has 0 atom stereocenters. The van der Waals surface area contributed by atoms with Crippen molar-refractivity contribution in [2.45, 2.75) is 18.9 Å². The van der Waals surface area contributed by atoms with Crippen molar-refractivity contribution in [1.29, 1.82) is 0 Å². The Morgan fingerprint density at radius 3 is 2.67 bits per heavy atom. The minimum absolute atomic E-state index is 0.108. The average Bonchev–Trinajstić information content (AvgIpc) is 2.38. The Morgan fingerprint density at radius 2 is 2.06 bits per heavy atom. The second-order valence-corrected chi connectivity index (χ2v) is 4.34. The summed E-state index contributed by atoms with van der Waals surface area (Å²) in [7, 11) is 0. The number of hydrogen-bond acceptors (Lipinski definition) is 4. The molecule has 0 spiro atoms. The molecule has 1 aromatic rings. The summed E-state index contributed by atoms with van der Waals surface area (Å²) in [5, 5.41) is 21.0. The molecule has 1 heterocycles. The highest BCUT2D eigenvalue weighted by atomic mass is 19.1. The van der Waals surface area contributed by atoms with Crippen LogP contribution in [-0.2, 0) is 0 Å². The molecular weight excluding hydrogens is 237 g/mol. The van der Waals surface area contributed by atoms with Gasteiger partial charge in [0.05, 0.1) is 17.4 Å². The first kappa shape index (κ1) is 12.6. The molecule has 4 N–H and O–H groups in total. The number of anilines is 1. The molecule has 1 aliphatic heterocycles. The number of halogens is 1. The third-order valence-electron chi connectivity index (χ3n) is 3.16. The van der Waals surface area contributed by atoms with E-state index in [9.17, 15) is 9.50 Å². The molecule has 98 valence electrons. The van der Waals surface area contributed by atoms with Crippen molar-refractivity contribution in [2.75, 3.05) is 18.0 Å². The van der Waals surface area contributed by atoms with Crippen LogP contribution in [0.1, 0.15) is 18.4 Å². The molecule has 0 amide bonds. The molecule has 5 nitrogen and oxygen atoms in total. The van der Waals surface area contributed by atoms with E-state index in [0.29, 0.717) is 31.6 Å². The summed E-state index contributed by atoms with van der Waals surface area (Å²) < 4.78 is 13.8. The smallest absolute Gasteiger partial charge is 0.175 e. The van der Waals surface area contributed by atoms with E-state index < -0.39 is 5.82 Å². The predicted octanol–water partition coefficient (Wildman–Crippen LogP) is 0.881. The maximum Gasteiger partial charge on any atom is 0.175 e. The zero-order valence-electron chi connectivity index (χ0n) is 9.88. The standard InChI is InChI=1S/C12H16FN3O2/c13-9-2-1-3-10(11(9)12(14)15-18)16-6-4-8(17)5-7-16/h1-3,8,17-18H,4-7H2,(H2,14,15). The quantitative estimate of drug-likeness (QED) is 0.316. The van der Waals surface area contributed by atoms with E-state index in [1.165, 1.54) is 6.07 Å². The van der Waals surface area contributed by atoms with E-state index >= 15 is 0 Å². The second-order valence-electron chi connectivity index (χ2n) is 4.34. The van der Waals surface area contributed by atoms with Crippen molar-refractivity contribution in [2.24, 2.45) is 10.9 Å². The van der Waals surface area contributed by atoms with Gasteiger partial charge in [-0.05, 0) is 25.0 Å². The van der Waals surface area contributed by atoms with Gasteiger partial charge < -0.3 is 20.9 Å². The SMILES string of the molecule is NC(=NO)c1c(F)cccc1N1CCC(O)CC1. The van der Waals surface area contributed by atoms with Gasteiger partial charge in [0.2, 0.25) is 0 Å². The Balaban J connectivity index is 2.35. The minimum atomic E-state index is -0.520. The van der Waals surface area contributed by atoms with Gasteiger partial charge in [0.1, 0.15) is 5.82 Å². The van der Waals surface area contributed by atoms with Gasteiger partial charge in [-0.1, -0.05) is 11.2 Å². The highest BCUT2D eigenvalue weighted by molar-refractivity contribution is 6.02. The van der Waals surface area contributed by atoms with Crippen LogP contribution < -0.4 is 10.6 Å². The van der Waals surface area contributed by atoms with Crippen LogP contribution in [0.15, 0.2) is 23.4 Å². The van der Waals surface area contributed by atoms with Gasteiger partial charge in [-0.25, -0.2) is 4.39 Å². The lowest BCUT2D eigenvalue weighted by atomic mass is 10.0. The number of oxime groups is 1. The van der Waals surface area contributed by atoms with Crippen LogP contribution in [-0.4, -0.2) is 35.3 Å². The average molecular weight is 253 g/mol. The maximum atomic E-state index is 13.8. The summed E-state index contributed by atoms with van der Waals surface area (Å²) in [5.41, 5.74) is 6.22. The topological polar surface area (TPSA) is 82.1 Å². The van der Waals surface area contributed by atoms with E-state index in [0.717, 1.165) is 0 Å². The van der Waals surface area contributed by atoms with Gasteiger partial charge in [-0.15, -0.1) is 0 Å². The van der Waals surface area contributed by atoms with E-state index in [2.05, 4.69) is 5.16 Å². The number of aliphatic hydroxyl groups is 1. The molecule has 2 rings (SSSR count). The van der Waals surface area contributed by atoms with Crippen molar-refractivity contribution >= 4 is 11.5 Å². The predicted molar refractivity (Wildman–Crippen MR) is 66.4 cm³/mol. The Morgan fingerprint density at radius 1 is 1.39 bits per heavy atom. The number of amidine groups is 1. The van der Waals surface area contributed by atoms with E-state index in [-0.39, 0.29) is 17.5 Å². The van der Waals surface area contributed by atoms with Crippen LogP contribution in [0.3, 0.4) is 0 Å². The van der Waals surface area contributed by atoms with Crippen LogP contribution in [0.5, 0.6) is 0 Å². The summed E-state index contributed by atoms with van der Waals surface area (Å²) in [5.74, 6) is -0.761. The van der Waals surface area contributed by atoms with Gasteiger partial charge in [-0.2, -0.15) is 0 Å². The monoisotopic (exact) mass is 253 g/mol. The number of benzene rings is 1. The number of rotatable bonds is 2. The highest BCUT2D eigenvalue weighted by Gasteiger charge is 2.22. The van der Waals surface area contributed by atoms with E-state index in [1.807, 2.05) is 4.90 Å². The third-order valence-corrected chi connectivity index (χ3v) is 3.16. The lowest BCUT2D eigenvalue weighted by Crippen LogP contribution is -2.37.